The zero-order valence-electron chi connectivity index (χ0n) is 14.7. The summed E-state index contributed by atoms with van der Waals surface area (Å²) >= 11 is 0. The van der Waals surface area contributed by atoms with Gasteiger partial charge in [0, 0.05) is 13.1 Å². The van der Waals surface area contributed by atoms with Gasteiger partial charge in [-0.1, -0.05) is 25.1 Å². The predicted molar refractivity (Wildman–Crippen MR) is 100 cm³/mol. The van der Waals surface area contributed by atoms with Crippen molar-refractivity contribution in [3.8, 4) is 5.75 Å². The number of aromatic nitrogens is 1. The van der Waals surface area contributed by atoms with E-state index in [1.165, 1.54) is 6.07 Å². The summed E-state index contributed by atoms with van der Waals surface area (Å²) in [6, 6.07) is 14.9. The third-order valence-corrected chi connectivity index (χ3v) is 3.97. The molecular weight excluding hydrogens is 332 g/mol. The molecule has 0 aliphatic rings. The zero-order chi connectivity index (χ0) is 18.4. The second kappa shape index (κ2) is 8.38. The lowest BCUT2D eigenvalue weighted by molar-refractivity contribution is 0.0696. The predicted octanol–water partition coefficient (Wildman–Crippen LogP) is 4.21. The van der Waals surface area contributed by atoms with E-state index in [9.17, 15) is 4.79 Å². The van der Waals surface area contributed by atoms with Crippen LogP contribution in [0, 0.1) is 0 Å². The normalized spacial score (nSPS) is 10.8. The number of carboxylic acid groups (broad SMARTS) is 1. The fourth-order valence-electron chi connectivity index (χ4n) is 2.73. The molecule has 6 heteroatoms. The van der Waals surface area contributed by atoms with Gasteiger partial charge in [0.1, 0.15) is 11.3 Å². The number of rotatable bonds is 9. The minimum Gasteiger partial charge on any atom is -0.494 e. The number of carbonyl (C=O) groups is 1. The van der Waals surface area contributed by atoms with Gasteiger partial charge in [-0.25, -0.2) is 4.79 Å². The molecule has 0 saturated heterocycles. The Balaban J connectivity index is 1.57. The average Bonchev–Trinajstić information content (AvgIpc) is 3.08. The van der Waals surface area contributed by atoms with Crippen molar-refractivity contribution >= 4 is 23.1 Å². The van der Waals surface area contributed by atoms with Crippen molar-refractivity contribution in [2.75, 3.05) is 24.6 Å². The van der Waals surface area contributed by atoms with Crippen LogP contribution in [-0.4, -0.2) is 35.8 Å². The van der Waals surface area contributed by atoms with Gasteiger partial charge in [0.05, 0.1) is 12.2 Å². The molecule has 0 bridgehead atoms. The molecule has 0 aliphatic carbocycles. The summed E-state index contributed by atoms with van der Waals surface area (Å²) < 4.78 is 11.5. The highest BCUT2D eigenvalue weighted by Crippen LogP contribution is 2.22. The lowest BCUT2D eigenvalue weighted by Crippen LogP contribution is -2.26. The highest BCUT2D eigenvalue weighted by atomic mass is 16.5. The second-order valence-electron chi connectivity index (χ2n) is 5.99. The molecule has 0 radical (unpaired) electrons. The maximum atomic E-state index is 11.0. The quantitative estimate of drug-likeness (QED) is 0.580. The van der Waals surface area contributed by atoms with E-state index in [0.29, 0.717) is 18.4 Å². The van der Waals surface area contributed by atoms with Gasteiger partial charge < -0.3 is 19.2 Å². The van der Waals surface area contributed by atoms with Gasteiger partial charge in [-0.2, -0.15) is 4.98 Å². The van der Waals surface area contributed by atoms with Gasteiger partial charge in [0.2, 0.25) is 0 Å². The number of carboxylic acids is 1. The fourth-order valence-corrected chi connectivity index (χ4v) is 2.73. The van der Waals surface area contributed by atoms with Crippen LogP contribution in [0.4, 0.5) is 6.01 Å². The number of hydrogen-bond donors (Lipinski definition) is 1. The van der Waals surface area contributed by atoms with Crippen LogP contribution in [0.2, 0.25) is 0 Å². The number of aromatic carboxylic acids is 1. The standard InChI is InChI=1S/C20H22N2O4/c1-2-11-22(20-21-17-9-3-4-10-18(17)26-20)12-6-13-25-16-8-5-7-15(14-16)19(23)24/h3-5,7-10,14H,2,6,11-13H2,1H3,(H,23,24). The van der Waals surface area contributed by atoms with Crippen LogP contribution in [0.5, 0.6) is 5.75 Å². The Hall–Kier alpha value is -3.02. The van der Waals surface area contributed by atoms with Crippen LogP contribution in [-0.2, 0) is 0 Å². The van der Waals surface area contributed by atoms with Gasteiger partial charge in [-0.15, -0.1) is 0 Å². The fraction of sp³-hybridized carbons (Fsp3) is 0.300. The summed E-state index contributed by atoms with van der Waals surface area (Å²) in [5.41, 5.74) is 1.86. The maximum absolute atomic E-state index is 11.0. The van der Waals surface area contributed by atoms with Crippen LogP contribution >= 0.6 is 0 Å². The van der Waals surface area contributed by atoms with E-state index in [1.54, 1.807) is 18.2 Å². The zero-order valence-corrected chi connectivity index (χ0v) is 14.7. The number of anilines is 1. The maximum Gasteiger partial charge on any atom is 0.335 e. The molecule has 0 fully saturated rings. The molecule has 1 N–H and O–H groups in total. The highest BCUT2D eigenvalue weighted by molar-refractivity contribution is 5.88. The molecule has 0 amide bonds. The molecule has 3 rings (SSSR count). The largest absolute Gasteiger partial charge is 0.494 e. The Kier molecular flexibility index (Phi) is 5.73. The minimum atomic E-state index is -0.958. The summed E-state index contributed by atoms with van der Waals surface area (Å²) in [5, 5.41) is 9.02. The van der Waals surface area contributed by atoms with Crippen molar-refractivity contribution in [2.45, 2.75) is 19.8 Å². The van der Waals surface area contributed by atoms with Crippen LogP contribution in [0.1, 0.15) is 30.1 Å². The summed E-state index contributed by atoms with van der Waals surface area (Å²) in [7, 11) is 0. The number of para-hydroxylation sites is 2. The Labute approximate surface area is 152 Å². The average molecular weight is 354 g/mol. The lowest BCUT2D eigenvalue weighted by atomic mass is 10.2. The van der Waals surface area contributed by atoms with Gasteiger partial charge >= 0.3 is 5.97 Å². The van der Waals surface area contributed by atoms with Crippen molar-refractivity contribution in [2.24, 2.45) is 0 Å². The minimum absolute atomic E-state index is 0.224. The molecule has 26 heavy (non-hydrogen) atoms. The molecule has 0 saturated carbocycles. The van der Waals surface area contributed by atoms with E-state index in [-0.39, 0.29) is 5.56 Å². The van der Waals surface area contributed by atoms with Crippen molar-refractivity contribution in [3.05, 3.63) is 54.1 Å². The molecule has 3 aromatic rings. The third-order valence-electron chi connectivity index (χ3n) is 3.97. The number of nitrogens with zero attached hydrogens (tertiary/aromatic N) is 2. The molecule has 0 spiro atoms. The van der Waals surface area contributed by atoms with Crippen molar-refractivity contribution in [1.82, 2.24) is 4.98 Å². The molecule has 6 nitrogen and oxygen atoms in total. The molecule has 0 unspecified atom stereocenters. The summed E-state index contributed by atoms with van der Waals surface area (Å²) in [5.74, 6) is -0.394. The molecule has 0 aliphatic heterocycles. The molecule has 136 valence electrons. The van der Waals surface area contributed by atoms with Gasteiger partial charge in [0.15, 0.2) is 5.58 Å². The molecule has 1 aromatic heterocycles. The van der Waals surface area contributed by atoms with Crippen LogP contribution < -0.4 is 9.64 Å². The first-order valence-electron chi connectivity index (χ1n) is 8.74. The third kappa shape index (κ3) is 4.33. The Bertz CT molecular complexity index is 842. The van der Waals surface area contributed by atoms with E-state index >= 15 is 0 Å². The van der Waals surface area contributed by atoms with E-state index < -0.39 is 5.97 Å². The number of hydrogen-bond acceptors (Lipinski definition) is 5. The topological polar surface area (TPSA) is 75.8 Å². The summed E-state index contributed by atoms with van der Waals surface area (Å²) in [4.78, 5) is 17.7. The SMILES string of the molecule is CCCN(CCCOc1cccc(C(=O)O)c1)c1nc2ccccc2o1. The second-order valence-corrected chi connectivity index (χ2v) is 5.99. The first-order chi connectivity index (χ1) is 12.7. The van der Waals surface area contributed by atoms with E-state index in [0.717, 1.165) is 37.0 Å². The first kappa shape index (κ1) is 17.8. The molecule has 1 heterocycles. The number of oxazole rings is 1. The summed E-state index contributed by atoms with van der Waals surface area (Å²) in [6.07, 6.45) is 1.76. The number of fused-ring (bicyclic) bond motifs is 1. The Morgan fingerprint density at radius 3 is 2.81 bits per heavy atom. The van der Waals surface area contributed by atoms with Crippen molar-refractivity contribution < 1.29 is 19.1 Å². The monoisotopic (exact) mass is 354 g/mol. The number of benzene rings is 2. The van der Waals surface area contributed by atoms with Crippen LogP contribution in [0.3, 0.4) is 0 Å². The van der Waals surface area contributed by atoms with Gasteiger partial charge in [-0.05, 0) is 43.2 Å². The summed E-state index contributed by atoms with van der Waals surface area (Å²) in [6.45, 7) is 4.20. The first-order valence-corrected chi connectivity index (χ1v) is 8.74. The smallest absolute Gasteiger partial charge is 0.335 e. The molecule has 0 atom stereocenters. The Morgan fingerprint density at radius 1 is 1.19 bits per heavy atom. The highest BCUT2D eigenvalue weighted by Gasteiger charge is 2.13. The number of ether oxygens (including phenoxy) is 1. The molecule has 2 aromatic carbocycles. The van der Waals surface area contributed by atoms with E-state index in [4.69, 9.17) is 14.3 Å². The van der Waals surface area contributed by atoms with E-state index in [2.05, 4.69) is 16.8 Å². The lowest BCUT2D eigenvalue weighted by Gasteiger charge is -2.19. The van der Waals surface area contributed by atoms with Gasteiger partial charge in [0.25, 0.3) is 6.01 Å². The van der Waals surface area contributed by atoms with Crippen LogP contribution in [0.25, 0.3) is 11.1 Å². The Morgan fingerprint density at radius 2 is 2.04 bits per heavy atom. The van der Waals surface area contributed by atoms with Crippen molar-refractivity contribution in [3.63, 3.8) is 0 Å². The van der Waals surface area contributed by atoms with Crippen molar-refractivity contribution in [1.29, 1.82) is 0 Å². The van der Waals surface area contributed by atoms with Gasteiger partial charge in [-0.3, -0.25) is 0 Å². The van der Waals surface area contributed by atoms with Crippen LogP contribution in [0.15, 0.2) is 52.9 Å². The van der Waals surface area contributed by atoms with E-state index in [1.807, 2.05) is 24.3 Å². The molecular formula is C20H22N2O4.